The lowest BCUT2D eigenvalue weighted by Gasteiger charge is -2.32. The zero-order valence-electron chi connectivity index (χ0n) is 16.2. The lowest BCUT2D eigenvalue weighted by Crippen LogP contribution is -2.44. The number of aromatic nitrogens is 1. The number of urea groups is 1. The summed E-state index contributed by atoms with van der Waals surface area (Å²) in [5.74, 6) is 0. The van der Waals surface area contributed by atoms with E-state index in [1.165, 1.54) is 16.0 Å². The number of fused-ring (bicyclic) bond motifs is 2. The van der Waals surface area contributed by atoms with E-state index in [2.05, 4.69) is 41.8 Å². The molecule has 1 aromatic carbocycles. The van der Waals surface area contributed by atoms with Crippen LogP contribution in [-0.2, 0) is 23.3 Å². The van der Waals surface area contributed by atoms with E-state index in [1.807, 2.05) is 4.90 Å². The van der Waals surface area contributed by atoms with Crippen LogP contribution in [0.3, 0.4) is 0 Å². The standard InChI is InChI=1S/C21H26N4O2S/c1-14-2-4-15(5-3-14)10-22-19-24-18-17(28-19)11-27-13-21(18)8-9-25(12-21)20(26)23-16-6-7-16/h2-5,16H,6-13H2,1H3,(H,22,24)(H,23,26)/t21-/m0/s1. The van der Waals surface area contributed by atoms with Crippen LogP contribution in [0.5, 0.6) is 0 Å². The van der Waals surface area contributed by atoms with Gasteiger partial charge in [0, 0.05) is 25.7 Å². The van der Waals surface area contributed by atoms with Gasteiger partial charge >= 0.3 is 6.03 Å². The maximum atomic E-state index is 12.5. The second kappa shape index (κ2) is 7.04. The van der Waals surface area contributed by atoms with Gasteiger partial charge in [0.15, 0.2) is 5.13 Å². The van der Waals surface area contributed by atoms with Gasteiger partial charge in [0.1, 0.15) is 0 Å². The summed E-state index contributed by atoms with van der Waals surface area (Å²) in [6, 6.07) is 9.01. The Morgan fingerprint density at radius 3 is 2.96 bits per heavy atom. The van der Waals surface area contributed by atoms with Crippen molar-refractivity contribution in [3.63, 3.8) is 0 Å². The Balaban J connectivity index is 1.29. The summed E-state index contributed by atoms with van der Waals surface area (Å²) in [7, 11) is 0. The third-order valence-electron chi connectivity index (χ3n) is 5.92. The van der Waals surface area contributed by atoms with Crippen molar-refractivity contribution < 1.29 is 9.53 Å². The molecular weight excluding hydrogens is 372 g/mol. The highest BCUT2D eigenvalue weighted by molar-refractivity contribution is 7.15. The molecule has 1 aromatic heterocycles. The number of benzene rings is 1. The summed E-state index contributed by atoms with van der Waals surface area (Å²) >= 11 is 1.68. The first kappa shape index (κ1) is 17.9. The van der Waals surface area contributed by atoms with Crippen LogP contribution in [-0.4, -0.2) is 41.7 Å². The maximum Gasteiger partial charge on any atom is 0.317 e. The molecule has 2 aromatic rings. The molecule has 1 aliphatic carbocycles. The average Bonchev–Trinajstić information content (AvgIpc) is 3.24. The van der Waals surface area contributed by atoms with Gasteiger partial charge in [-0.25, -0.2) is 9.78 Å². The third kappa shape index (κ3) is 3.49. The molecule has 28 heavy (non-hydrogen) atoms. The van der Waals surface area contributed by atoms with Crippen LogP contribution >= 0.6 is 11.3 Å². The number of amides is 2. The molecule has 2 fully saturated rings. The molecule has 0 bridgehead atoms. The van der Waals surface area contributed by atoms with Crippen molar-refractivity contribution in [2.24, 2.45) is 0 Å². The molecule has 148 valence electrons. The SMILES string of the molecule is Cc1ccc(CNc2nc3c(s2)COC[C@@]32CCN(C(=O)NC3CC3)C2)cc1. The van der Waals surface area contributed by atoms with Crippen molar-refractivity contribution >= 4 is 22.5 Å². The van der Waals surface area contributed by atoms with Crippen LogP contribution in [0.25, 0.3) is 0 Å². The van der Waals surface area contributed by atoms with E-state index in [9.17, 15) is 4.79 Å². The van der Waals surface area contributed by atoms with Gasteiger partial charge in [0.05, 0.1) is 29.2 Å². The summed E-state index contributed by atoms with van der Waals surface area (Å²) in [5.41, 5.74) is 3.49. The average molecular weight is 399 g/mol. The Labute approximate surface area is 169 Å². The highest BCUT2D eigenvalue weighted by Crippen LogP contribution is 2.43. The summed E-state index contributed by atoms with van der Waals surface area (Å²) in [4.78, 5) is 20.6. The van der Waals surface area contributed by atoms with Crippen LogP contribution in [0.1, 0.15) is 41.0 Å². The minimum absolute atomic E-state index is 0.0689. The number of carbonyl (C=O) groups is 1. The highest BCUT2D eigenvalue weighted by atomic mass is 32.1. The predicted octanol–water partition coefficient (Wildman–Crippen LogP) is 3.41. The minimum atomic E-state index is -0.158. The van der Waals surface area contributed by atoms with E-state index in [1.54, 1.807) is 11.3 Å². The van der Waals surface area contributed by atoms with Crippen molar-refractivity contribution in [2.45, 2.75) is 50.8 Å². The molecule has 2 amide bonds. The Kier molecular flexibility index (Phi) is 4.51. The number of ether oxygens (including phenoxy) is 1. The molecule has 1 spiro atoms. The quantitative estimate of drug-likeness (QED) is 0.828. The summed E-state index contributed by atoms with van der Waals surface area (Å²) in [6.45, 7) is 5.59. The fourth-order valence-corrected chi connectivity index (χ4v) is 5.10. The Morgan fingerprint density at radius 2 is 2.18 bits per heavy atom. The van der Waals surface area contributed by atoms with E-state index < -0.39 is 0 Å². The van der Waals surface area contributed by atoms with Gasteiger partial charge in [-0.15, -0.1) is 0 Å². The minimum Gasteiger partial charge on any atom is -0.375 e. The maximum absolute atomic E-state index is 12.5. The van der Waals surface area contributed by atoms with Crippen molar-refractivity contribution in [3.8, 4) is 0 Å². The van der Waals surface area contributed by atoms with Crippen LogP contribution in [0.2, 0.25) is 0 Å². The monoisotopic (exact) mass is 398 g/mol. The topological polar surface area (TPSA) is 66.5 Å². The molecule has 1 saturated heterocycles. The number of rotatable bonds is 4. The van der Waals surface area contributed by atoms with Gasteiger partial charge in [-0.3, -0.25) is 0 Å². The Morgan fingerprint density at radius 1 is 1.36 bits per heavy atom. The molecule has 2 aliphatic heterocycles. The number of hydrogen-bond acceptors (Lipinski definition) is 5. The zero-order chi connectivity index (χ0) is 19.1. The highest BCUT2D eigenvalue weighted by Gasteiger charge is 2.47. The van der Waals surface area contributed by atoms with Crippen LogP contribution in [0.15, 0.2) is 24.3 Å². The number of thiazole rings is 1. The molecule has 1 saturated carbocycles. The number of anilines is 1. The lowest BCUT2D eigenvalue weighted by molar-refractivity contribution is 0.0551. The molecule has 5 rings (SSSR count). The third-order valence-corrected chi connectivity index (χ3v) is 6.91. The predicted molar refractivity (Wildman–Crippen MR) is 110 cm³/mol. The normalized spacial score (nSPS) is 23.7. The Hall–Kier alpha value is -2.12. The van der Waals surface area contributed by atoms with Crippen LogP contribution in [0.4, 0.5) is 9.93 Å². The molecule has 3 heterocycles. The lowest BCUT2D eigenvalue weighted by atomic mass is 9.82. The van der Waals surface area contributed by atoms with E-state index in [0.717, 1.165) is 43.2 Å². The first-order valence-corrected chi connectivity index (χ1v) is 10.9. The molecule has 0 unspecified atom stereocenters. The second-order valence-electron chi connectivity index (χ2n) is 8.30. The molecule has 7 heteroatoms. The van der Waals surface area contributed by atoms with Gasteiger partial charge in [0.2, 0.25) is 0 Å². The van der Waals surface area contributed by atoms with Crippen LogP contribution in [0, 0.1) is 6.92 Å². The van der Waals surface area contributed by atoms with Crippen LogP contribution < -0.4 is 10.6 Å². The zero-order valence-corrected chi connectivity index (χ0v) is 17.0. The van der Waals surface area contributed by atoms with Crippen molar-refractivity contribution in [2.75, 3.05) is 25.0 Å². The molecule has 3 aliphatic rings. The van der Waals surface area contributed by atoms with Crippen molar-refractivity contribution in [1.29, 1.82) is 0 Å². The summed E-state index contributed by atoms with van der Waals surface area (Å²) in [6.07, 6.45) is 3.14. The molecule has 6 nitrogen and oxygen atoms in total. The number of carbonyl (C=O) groups excluding carboxylic acids is 1. The number of nitrogens with one attached hydrogen (secondary N) is 2. The van der Waals surface area contributed by atoms with E-state index in [4.69, 9.17) is 9.72 Å². The van der Waals surface area contributed by atoms with Gasteiger partial charge in [-0.2, -0.15) is 0 Å². The second-order valence-corrected chi connectivity index (χ2v) is 9.38. The molecule has 1 atom stereocenters. The number of hydrogen-bond donors (Lipinski definition) is 2. The van der Waals surface area contributed by atoms with Gasteiger partial charge in [0.25, 0.3) is 0 Å². The summed E-state index contributed by atoms with van der Waals surface area (Å²) in [5, 5.41) is 7.52. The van der Waals surface area contributed by atoms with Gasteiger partial charge < -0.3 is 20.3 Å². The smallest absolute Gasteiger partial charge is 0.317 e. The fraction of sp³-hybridized carbons (Fsp3) is 0.524. The largest absolute Gasteiger partial charge is 0.375 e. The number of nitrogens with zero attached hydrogens (tertiary/aromatic N) is 2. The van der Waals surface area contributed by atoms with E-state index >= 15 is 0 Å². The van der Waals surface area contributed by atoms with E-state index in [-0.39, 0.29) is 11.4 Å². The molecule has 0 radical (unpaired) electrons. The van der Waals surface area contributed by atoms with E-state index in [0.29, 0.717) is 25.8 Å². The van der Waals surface area contributed by atoms with Crippen molar-refractivity contribution in [1.82, 2.24) is 15.2 Å². The molecular formula is C21H26N4O2S. The number of aryl methyl sites for hydroxylation is 1. The first-order chi connectivity index (χ1) is 13.6. The Bertz CT molecular complexity index is 877. The van der Waals surface area contributed by atoms with Crippen molar-refractivity contribution in [3.05, 3.63) is 46.0 Å². The van der Waals surface area contributed by atoms with Gasteiger partial charge in [-0.05, 0) is 31.7 Å². The fourth-order valence-electron chi connectivity index (χ4n) is 4.08. The first-order valence-electron chi connectivity index (χ1n) is 10.0. The molecule has 2 N–H and O–H groups in total. The van der Waals surface area contributed by atoms with Gasteiger partial charge in [-0.1, -0.05) is 41.2 Å². The summed E-state index contributed by atoms with van der Waals surface area (Å²) < 4.78 is 5.93. The number of likely N-dealkylation sites (tertiary alicyclic amines) is 1.